The largest absolute Gasteiger partial charge is 0.487 e. The van der Waals surface area contributed by atoms with Crippen molar-refractivity contribution < 1.29 is 37.3 Å². The molecule has 41 heavy (non-hydrogen) atoms. The summed E-state index contributed by atoms with van der Waals surface area (Å²) < 4.78 is 58.0. The summed E-state index contributed by atoms with van der Waals surface area (Å²) in [6, 6.07) is 17.8. The molecule has 214 valence electrons. The predicted octanol–water partition coefficient (Wildman–Crippen LogP) is 5.75. The number of aryl methyl sites for hydroxylation is 1. The van der Waals surface area contributed by atoms with Gasteiger partial charge in [-0.3, -0.25) is 4.57 Å². The lowest BCUT2D eigenvalue weighted by Crippen LogP contribution is -2.36. The summed E-state index contributed by atoms with van der Waals surface area (Å²) in [5.74, 6) is 0.379. The number of rotatable bonds is 9. The number of aliphatic carboxylic acids is 1. The maximum Gasteiger partial charge on any atom is 0.416 e. The number of alkyl halides is 3. The third-order valence-electron chi connectivity index (χ3n) is 6.61. The molecule has 0 saturated carbocycles. The summed E-state index contributed by atoms with van der Waals surface area (Å²) in [4.78, 5) is 17.7. The molecule has 5 rings (SSSR count). The minimum absolute atomic E-state index is 0.0985. The highest BCUT2D eigenvalue weighted by Crippen LogP contribution is 2.32. The van der Waals surface area contributed by atoms with Crippen molar-refractivity contribution in [2.24, 2.45) is 0 Å². The van der Waals surface area contributed by atoms with Gasteiger partial charge in [0.05, 0.1) is 24.5 Å². The van der Waals surface area contributed by atoms with Gasteiger partial charge >= 0.3 is 12.1 Å². The van der Waals surface area contributed by atoms with Crippen LogP contribution in [0.15, 0.2) is 72.9 Å². The number of anilines is 1. The molecule has 1 fully saturated rings. The zero-order valence-electron chi connectivity index (χ0n) is 22.2. The lowest BCUT2D eigenvalue weighted by molar-refractivity contribution is -0.139. The predicted molar refractivity (Wildman–Crippen MR) is 146 cm³/mol. The molecule has 0 spiro atoms. The first-order valence-corrected chi connectivity index (χ1v) is 12.9. The highest BCUT2D eigenvalue weighted by Gasteiger charge is 2.30. The second-order valence-electron chi connectivity index (χ2n) is 9.52. The number of ether oxygens (including phenoxy) is 3. The second kappa shape index (κ2) is 11.9. The summed E-state index contributed by atoms with van der Waals surface area (Å²) >= 11 is 0. The topological polar surface area (TPSA) is 86.0 Å². The summed E-state index contributed by atoms with van der Waals surface area (Å²) in [5, 5.41) is 8.83. The number of carboxylic acid groups (broad SMARTS) is 1. The highest BCUT2D eigenvalue weighted by molar-refractivity contribution is 5.68. The van der Waals surface area contributed by atoms with Crippen molar-refractivity contribution in [2.75, 3.05) is 37.8 Å². The molecule has 0 bridgehead atoms. The Morgan fingerprint density at radius 1 is 0.976 bits per heavy atom. The van der Waals surface area contributed by atoms with Crippen LogP contribution in [-0.4, -0.2) is 53.5 Å². The molecule has 2 heterocycles. The van der Waals surface area contributed by atoms with Crippen molar-refractivity contribution in [2.45, 2.75) is 19.7 Å². The van der Waals surface area contributed by atoms with E-state index in [2.05, 4.69) is 4.90 Å². The molecule has 0 atom stereocenters. The van der Waals surface area contributed by atoms with Gasteiger partial charge in [-0.1, -0.05) is 12.1 Å². The Morgan fingerprint density at radius 2 is 1.66 bits per heavy atom. The van der Waals surface area contributed by atoms with E-state index in [-0.39, 0.29) is 6.61 Å². The molecule has 11 heteroatoms. The number of hydrogen-bond acceptors (Lipinski definition) is 6. The number of morpholine rings is 1. The molecular formula is C30H28F3N3O5. The fourth-order valence-electron chi connectivity index (χ4n) is 4.52. The molecule has 0 aliphatic carbocycles. The number of carboxylic acids is 1. The Labute approximate surface area is 234 Å². The molecule has 4 aromatic rings. The quantitative estimate of drug-likeness (QED) is 0.276. The van der Waals surface area contributed by atoms with E-state index in [1.165, 1.54) is 12.1 Å². The number of nitrogens with zero attached hydrogens (tertiary/aromatic N) is 3. The zero-order valence-corrected chi connectivity index (χ0v) is 22.2. The van der Waals surface area contributed by atoms with Gasteiger partial charge in [0.15, 0.2) is 6.61 Å². The number of carbonyl (C=O) groups is 1. The van der Waals surface area contributed by atoms with Crippen LogP contribution in [0.3, 0.4) is 0 Å². The Morgan fingerprint density at radius 3 is 2.29 bits per heavy atom. The average molecular weight is 568 g/mol. The van der Waals surface area contributed by atoms with Crippen molar-refractivity contribution in [3.63, 3.8) is 0 Å². The smallest absolute Gasteiger partial charge is 0.416 e. The normalized spacial score (nSPS) is 13.7. The van der Waals surface area contributed by atoms with Crippen LogP contribution in [-0.2, 0) is 22.3 Å². The van der Waals surface area contributed by atoms with E-state index in [1.807, 2.05) is 28.8 Å². The van der Waals surface area contributed by atoms with Crippen molar-refractivity contribution in [3.8, 4) is 28.6 Å². The van der Waals surface area contributed by atoms with Crippen LogP contribution in [0.2, 0.25) is 0 Å². The zero-order chi connectivity index (χ0) is 29.0. The van der Waals surface area contributed by atoms with Gasteiger partial charge in [-0.25, -0.2) is 9.78 Å². The monoisotopic (exact) mass is 567 g/mol. The van der Waals surface area contributed by atoms with E-state index in [1.54, 1.807) is 31.3 Å². The van der Waals surface area contributed by atoms with E-state index >= 15 is 0 Å². The lowest BCUT2D eigenvalue weighted by atomic mass is 10.1. The Bertz CT molecular complexity index is 1500. The van der Waals surface area contributed by atoms with E-state index in [0.717, 1.165) is 36.6 Å². The Hall–Kier alpha value is -4.51. The van der Waals surface area contributed by atoms with Gasteiger partial charge in [-0.2, -0.15) is 13.2 Å². The van der Waals surface area contributed by atoms with Gasteiger partial charge in [0, 0.05) is 36.2 Å². The molecule has 0 radical (unpaired) electrons. The van der Waals surface area contributed by atoms with E-state index in [0.29, 0.717) is 47.4 Å². The maximum absolute atomic E-state index is 13.2. The molecule has 1 aromatic heterocycles. The van der Waals surface area contributed by atoms with E-state index in [4.69, 9.17) is 24.3 Å². The van der Waals surface area contributed by atoms with Crippen molar-refractivity contribution in [3.05, 3.63) is 89.7 Å². The minimum Gasteiger partial charge on any atom is -0.487 e. The van der Waals surface area contributed by atoms with Gasteiger partial charge in [0.2, 0.25) is 0 Å². The molecular weight excluding hydrogens is 539 g/mol. The molecule has 1 saturated heterocycles. The molecule has 1 N–H and O–H groups in total. The van der Waals surface area contributed by atoms with Gasteiger partial charge < -0.3 is 24.2 Å². The molecule has 0 unspecified atom stereocenters. The highest BCUT2D eigenvalue weighted by atomic mass is 19.4. The van der Waals surface area contributed by atoms with Crippen LogP contribution in [0.4, 0.5) is 18.9 Å². The van der Waals surface area contributed by atoms with Crippen molar-refractivity contribution in [1.82, 2.24) is 9.55 Å². The summed E-state index contributed by atoms with van der Waals surface area (Å²) in [5.41, 5.74) is 2.93. The standard InChI is InChI=1S/C30H28F3N3O5/c1-20-16-26(10-11-27(20)41-19-28(37)38)40-18-23-17-36(25-8-6-24(7-9-25)35-12-14-39-15-13-35)29(34-23)21-2-4-22(5-3-21)30(31,32)33/h2-11,16-17H,12-15,18-19H2,1H3,(H,37,38). The Balaban J connectivity index is 1.40. The van der Waals surface area contributed by atoms with Gasteiger partial charge in [0.1, 0.15) is 23.9 Å². The summed E-state index contributed by atoms with van der Waals surface area (Å²) in [6.07, 6.45) is -2.64. The van der Waals surface area contributed by atoms with E-state index in [9.17, 15) is 18.0 Å². The van der Waals surface area contributed by atoms with Gasteiger partial charge in [-0.15, -0.1) is 0 Å². The number of aromatic nitrogens is 2. The van der Waals surface area contributed by atoms with Gasteiger partial charge in [-0.05, 0) is 67.1 Å². The first-order valence-electron chi connectivity index (χ1n) is 12.9. The third-order valence-corrected chi connectivity index (χ3v) is 6.61. The van der Waals surface area contributed by atoms with Crippen LogP contribution in [0.1, 0.15) is 16.8 Å². The SMILES string of the molecule is Cc1cc(OCc2cn(-c3ccc(N4CCOCC4)cc3)c(-c3ccc(C(F)(F)F)cc3)n2)ccc1OCC(=O)O. The number of imidazole rings is 1. The van der Waals surface area contributed by atoms with Crippen LogP contribution < -0.4 is 14.4 Å². The summed E-state index contributed by atoms with van der Waals surface area (Å²) in [6.45, 7) is 4.37. The second-order valence-corrected chi connectivity index (χ2v) is 9.52. The number of halogens is 3. The van der Waals surface area contributed by atoms with Gasteiger partial charge in [0.25, 0.3) is 0 Å². The van der Waals surface area contributed by atoms with Crippen LogP contribution in [0.5, 0.6) is 11.5 Å². The molecule has 3 aromatic carbocycles. The first kappa shape index (κ1) is 28.0. The lowest BCUT2D eigenvalue weighted by Gasteiger charge is -2.29. The summed E-state index contributed by atoms with van der Waals surface area (Å²) in [7, 11) is 0. The van der Waals surface area contributed by atoms with Crippen LogP contribution in [0.25, 0.3) is 17.1 Å². The molecule has 8 nitrogen and oxygen atoms in total. The fraction of sp³-hybridized carbons (Fsp3) is 0.267. The number of benzene rings is 3. The molecule has 0 amide bonds. The van der Waals surface area contributed by atoms with Crippen LogP contribution >= 0.6 is 0 Å². The van der Waals surface area contributed by atoms with Crippen molar-refractivity contribution in [1.29, 1.82) is 0 Å². The molecule has 1 aliphatic heterocycles. The van der Waals surface area contributed by atoms with Crippen LogP contribution in [0, 0.1) is 6.92 Å². The maximum atomic E-state index is 13.2. The third kappa shape index (κ3) is 6.80. The fourth-order valence-corrected chi connectivity index (χ4v) is 4.52. The number of hydrogen-bond donors (Lipinski definition) is 1. The van der Waals surface area contributed by atoms with Crippen molar-refractivity contribution >= 4 is 11.7 Å². The average Bonchev–Trinajstić information content (AvgIpc) is 3.40. The first-order chi connectivity index (χ1) is 19.7. The molecule has 1 aliphatic rings. The van der Waals surface area contributed by atoms with E-state index < -0.39 is 24.3 Å². The Kier molecular flexibility index (Phi) is 8.16. The minimum atomic E-state index is -4.44.